The van der Waals surface area contributed by atoms with E-state index in [2.05, 4.69) is 20.3 Å². The van der Waals surface area contributed by atoms with Crippen molar-refractivity contribution in [3.63, 3.8) is 0 Å². The molecule has 1 aliphatic rings. The van der Waals surface area contributed by atoms with Gasteiger partial charge >= 0.3 is 6.18 Å². The molecule has 0 saturated carbocycles. The van der Waals surface area contributed by atoms with Crippen molar-refractivity contribution in [1.29, 1.82) is 0 Å². The highest BCUT2D eigenvalue weighted by molar-refractivity contribution is 5.49. The van der Waals surface area contributed by atoms with E-state index in [0.29, 0.717) is 13.1 Å². The molecule has 2 heterocycles. The Hall–Kier alpha value is -1.61. The average Bonchev–Trinajstić information content (AvgIpc) is 2.62. The van der Waals surface area contributed by atoms with Crippen molar-refractivity contribution >= 4 is 11.6 Å². The summed E-state index contributed by atoms with van der Waals surface area (Å²) in [5.74, 6) is 4.20. The van der Waals surface area contributed by atoms with E-state index in [4.69, 9.17) is 5.84 Å². The third kappa shape index (κ3) is 3.48. The molecule has 20 heavy (non-hydrogen) atoms. The van der Waals surface area contributed by atoms with Gasteiger partial charge in [-0.25, -0.2) is 15.8 Å². The van der Waals surface area contributed by atoms with Crippen LogP contribution in [0.5, 0.6) is 0 Å². The number of nitrogen functional groups attached to an aromatic ring is 1. The van der Waals surface area contributed by atoms with Gasteiger partial charge in [0.15, 0.2) is 0 Å². The van der Waals surface area contributed by atoms with Gasteiger partial charge in [-0.2, -0.15) is 13.2 Å². The molecule has 0 aromatic carbocycles. The van der Waals surface area contributed by atoms with Gasteiger partial charge in [0.25, 0.3) is 0 Å². The summed E-state index contributed by atoms with van der Waals surface area (Å²) in [6.45, 7) is 2.96. The van der Waals surface area contributed by atoms with E-state index in [9.17, 15) is 13.2 Å². The number of hydrogen-bond donors (Lipinski definition) is 2. The number of nitrogens with two attached hydrogens (primary N) is 1. The zero-order chi connectivity index (χ0) is 14.8. The molecule has 0 bridgehead atoms. The van der Waals surface area contributed by atoms with Crippen molar-refractivity contribution in [1.82, 2.24) is 14.9 Å². The predicted molar refractivity (Wildman–Crippen MR) is 69.2 cm³/mol. The predicted octanol–water partition coefficient (Wildman–Crippen LogP) is 0.923. The topological polar surface area (TPSA) is 70.3 Å². The molecule has 1 saturated heterocycles. The van der Waals surface area contributed by atoms with Crippen molar-refractivity contribution in [2.75, 3.05) is 43.6 Å². The summed E-state index contributed by atoms with van der Waals surface area (Å²) in [6, 6.07) is 1.43. The average molecular weight is 290 g/mol. The summed E-state index contributed by atoms with van der Waals surface area (Å²) in [5.41, 5.74) is 2.16. The molecule has 0 aliphatic carbocycles. The van der Waals surface area contributed by atoms with Gasteiger partial charge in [-0.3, -0.25) is 0 Å². The van der Waals surface area contributed by atoms with Crippen LogP contribution in [0.3, 0.4) is 0 Å². The van der Waals surface area contributed by atoms with Gasteiger partial charge in [0.2, 0.25) is 5.82 Å². The Morgan fingerprint density at radius 1 is 1.20 bits per heavy atom. The Balaban J connectivity index is 2.30. The van der Waals surface area contributed by atoms with Crippen LogP contribution in [0, 0.1) is 0 Å². The zero-order valence-electron chi connectivity index (χ0n) is 11.1. The molecule has 6 nitrogen and oxygen atoms in total. The molecule has 2 rings (SSSR count). The van der Waals surface area contributed by atoms with Crippen LogP contribution in [0.4, 0.5) is 24.8 Å². The Morgan fingerprint density at radius 2 is 1.95 bits per heavy atom. The first-order valence-corrected chi connectivity index (χ1v) is 6.26. The van der Waals surface area contributed by atoms with Crippen LogP contribution in [-0.2, 0) is 6.18 Å². The second-order valence-corrected chi connectivity index (χ2v) is 4.72. The molecule has 112 valence electrons. The molecule has 0 amide bonds. The van der Waals surface area contributed by atoms with Crippen molar-refractivity contribution in [2.24, 2.45) is 5.84 Å². The number of aromatic nitrogens is 2. The lowest BCUT2D eigenvalue weighted by Gasteiger charge is -2.22. The standard InChI is InChI=1S/C11H17F3N6/c1-19-3-2-4-20(6-5-19)9-7-8(18-15)16-10(17-9)11(12,13)14/h7H,2-6,15H2,1H3,(H,16,17,18). The Labute approximate surface area is 114 Å². The number of rotatable bonds is 2. The molecule has 0 atom stereocenters. The van der Waals surface area contributed by atoms with Gasteiger partial charge in [0.05, 0.1) is 0 Å². The smallest absolute Gasteiger partial charge is 0.355 e. The molecule has 1 aliphatic heterocycles. The minimum Gasteiger partial charge on any atom is -0.355 e. The van der Waals surface area contributed by atoms with E-state index in [0.717, 1.165) is 19.5 Å². The largest absolute Gasteiger partial charge is 0.451 e. The molecule has 1 aromatic heterocycles. The first-order valence-electron chi connectivity index (χ1n) is 6.26. The van der Waals surface area contributed by atoms with Crippen molar-refractivity contribution in [3.05, 3.63) is 11.9 Å². The summed E-state index contributed by atoms with van der Waals surface area (Å²) in [5, 5.41) is 0. The summed E-state index contributed by atoms with van der Waals surface area (Å²) in [6.07, 6.45) is -3.72. The molecule has 0 radical (unpaired) electrons. The minimum atomic E-state index is -4.59. The lowest BCUT2D eigenvalue weighted by atomic mass is 10.3. The second-order valence-electron chi connectivity index (χ2n) is 4.72. The number of nitrogens with zero attached hydrogens (tertiary/aromatic N) is 4. The van der Waals surface area contributed by atoms with E-state index in [1.807, 2.05) is 11.9 Å². The van der Waals surface area contributed by atoms with Crippen LogP contribution < -0.4 is 16.2 Å². The van der Waals surface area contributed by atoms with E-state index in [-0.39, 0.29) is 11.6 Å². The second kappa shape index (κ2) is 5.80. The van der Waals surface area contributed by atoms with Crippen LogP contribution in [0.2, 0.25) is 0 Å². The SMILES string of the molecule is CN1CCCN(c2cc(NN)nc(C(F)(F)F)n2)CC1. The first kappa shape index (κ1) is 14.8. The first-order chi connectivity index (χ1) is 9.40. The maximum atomic E-state index is 12.8. The zero-order valence-corrected chi connectivity index (χ0v) is 11.1. The normalized spacial score (nSPS) is 17.9. The maximum absolute atomic E-state index is 12.8. The molecule has 0 unspecified atom stereocenters. The Morgan fingerprint density at radius 3 is 2.60 bits per heavy atom. The fraction of sp³-hybridized carbons (Fsp3) is 0.636. The quantitative estimate of drug-likeness (QED) is 0.623. The Kier molecular flexibility index (Phi) is 4.29. The van der Waals surface area contributed by atoms with E-state index in [1.165, 1.54) is 6.07 Å². The fourth-order valence-electron chi connectivity index (χ4n) is 2.07. The molecule has 0 spiro atoms. The molecule has 1 aromatic rings. The van der Waals surface area contributed by atoms with Crippen molar-refractivity contribution < 1.29 is 13.2 Å². The van der Waals surface area contributed by atoms with Crippen molar-refractivity contribution in [3.8, 4) is 0 Å². The number of likely N-dealkylation sites (N-methyl/N-ethyl adjacent to an activating group) is 1. The number of hydrazine groups is 1. The number of nitrogens with one attached hydrogen (secondary N) is 1. The lowest BCUT2D eigenvalue weighted by molar-refractivity contribution is -0.144. The lowest BCUT2D eigenvalue weighted by Crippen LogP contribution is -2.30. The fourth-order valence-corrected chi connectivity index (χ4v) is 2.07. The maximum Gasteiger partial charge on any atom is 0.451 e. The highest BCUT2D eigenvalue weighted by Crippen LogP contribution is 2.29. The summed E-state index contributed by atoms with van der Waals surface area (Å²) < 4.78 is 38.3. The highest BCUT2D eigenvalue weighted by Gasteiger charge is 2.36. The Bertz CT molecular complexity index is 464. The highest BCUT2D eigenvalue weighted by atomic mass is 19.4. The number of anilines is 2. The molecular formula is C11H17F3N6. The van der Waals surface area contributed by atoms with Gasteiger partial charge in [-0.15, -0.1) is 0 Å². The molecule has 9 heteroatoms. The van der Waals surface area contributed by atoms with Gasteiger partial charge in [-0.1, -0.05) is 0 Å². The molecule has 3 N–H and O–H groups in total. The van der Waals surface area contributed by atoms with Gasteiger partial charge < -0.3 is 15.2 Å². The van der Waals surface area contributed by atoms with Crippen LogP contribution in [0.1, 0.15) is 12.2 Å². The summed E-state index contributed by atoms with van der Waals surface area (Å²) in [4.78, 5) is 10.9. The third-order valence-electron chi connectivity index (χ3n) is 3.16. The van der Waals surface area contributed by atoms with E-state index >= 15 is 0 Å². The monoisotopic (exact) mass is 290 g/mol. The minimum absolute atomic E-state index is 0.0417. The van der Waals surface area contributed by atoms with Gasteiger partial charge in [-0.05, 0) is 20.0 Å². The van der Waals surface area contributed by atoms with Crippen molar-refractivity contribution in [2.45, 2.75) is 12.6 Å². The summed E-state index contributed by atoms with van der Waals surface area (Å²) >= 11 is 0. The summed E-state index contributed by atoms with van der Waals surface area (Å²) in [7, 11) is 1.98. The van der Waals surface area contributed by atoms with Gasteiger partial charge in [0, 0.05) is 25.7 Å². The number of halogens is 3. The van der Waals surface area contributed by atoms with Crippen LogP contribution >= 0.6 is 0 Å². The third-order valence-corrected chi connectivity index (χ3v) is 3.16. The van der Waals surface area contributed by atoms with Crippen LogP contribution in [0.25, 0.3) is 0 Å². The molecule has 1 fully saturated rings. The van der Waals surface area contributed by atoms with E-state index < -0.39 is 12.0 Å². The number of hydrogen-bond acceptors (Lipinski definition) is 6. The number of alkyl halides is 3. The van der Waals surface area contributed by atoms with Crippen LogP contribution in [-0.4, -0.2) is 48.1 Å². The van der Waals surface area contributed by atoms with Gasteiger partial charge in [0.1, 0.15) is 11.6 Å². The molecular weight excluding hydrogens is 273 g/mol. The van der Waals surface area contributed by atoms with Crippen LogP contribution in [0.15, 0.2) is 6.07 Å². The van der Waals surface area contributed by atoms with E-state index in [1.54, 1.807) is 0 Å².